The molecule has 0 fully saturated rings. The molecule has 87 valence electrons. The van der Waals surface area contributed by atoms with E-state index >= 15 is 0 Å². The second kappa shape index (κ2) is 5.54. The molecular formula is C13H18NO2. The number of ether oxygens (including phenoxy) is 1. The van der Waals surface area contributed by atoms with Crippen LogP contribution in [0, 0.1) is 6.92 Å². The van der Waals surface area contributed by atoms with Crippen molar-refractivity contribution in [1.29, 1.82) is 0 Å². The van der Waals surface area contributed by atoms with Crippen molar-refractivity contribution in [2.75, 3.05) is 0 Å². The number of amides is 1. The largest absolute Gasteiger partial charge is 0.445 e. The number of carbonyl (C=O) groups is 1. The summed E-state index contributed by atoms with van der Waals surface area (Å²) in [4.78, 5) is 11.4. The number of alkyl carbamates (subject to hydrolysis) is 1. The molecule has 1 radical (unpaired) electrons. The first-order valence-corrected chi connectivity index (χ1v) is 5.31. The van der Waals surface area contributed by atoms with E-state index in [1.807, 2.05) is 44.2 Å². The minimum absolute atomic E-state index is 0.292. The Balaban J connectivity index is 2.36. The molecule has 0 aliphatic rings. The quantitative estimate of drug-likeness (QED) is 0.847. The van der Waals surface area contributed by atoms with Crippen molar-refractivity contribution in [2.24, 2.45) is 0 Å². The van der Waals surface area contributed by atoms with Gasteiger partial charge in [0.1, 0.15) is 6.61 Å². The average Bonchev–Trinajstić information content (AvgIpc) is 2.27. The van der Waals surface area contributed by atoms with Crippen LogP contribution in [0.4, 0.5) is 4.79 Å². The summed E-state index contributed by atoms with van der Waals surface area (Å²) in [5.41, 5.74) is 0.651. The van der Waals surface area contributed by atoms with Crippen molar-refractivity contribution in [3.63, 3.8) is 0 Å². The van der Waals surface area contributed by atoms with E-state index in [-0.39, 0.29) is 5.54 Å². The van der Waals surface area contributed by atoms with Gasteiger partial charge in [0.05, 0.1) is 0 Å². The molecule has 0 spiro atoms. The Hall–Kier alpha value is -1.51. The lowest BCUT2D eigenvalue weighted by molar-refractivity contribution is 0.129. The normalized spacial score (nSPS) is 10.9. The fourth-order valence-electron chi connectivity index (χ4n) is 1.10. The summed E-state index contributed by atoms with van der Waals surface area (Å²) in [6, 6.07) is 9.59. The highest BCUT2D eigenvalue weighted by Gasteiger charge is 2.18. The van der Waals surface area contributed by atoms with Gasteiger partial charge in [0.25, 0.3) is 0 Å². The van der Waals surface area contributed by atoms with Gasteiger partial charge >= 0.3 is 6.09 Å². The van der Waals surface area contributed by atoms with Gasteiger partial charge in [-0.3, -0.25) is 0 Å². The summed E-state index contributed by atoms with van der Waals surface area (Å²) < 4.78 is 5.09. The topological polar surface area (TPSA) is 38.3 Å². The smallest absolute Gasteiger partial charge is 0.407 e. The van der Waals surface area contributed by atoms with E-state index in [4.69, 9.17) is 4.74 Å². The molecule has 0 saturated carbocycles. The zero-order valence-corrected chi connectivity index (χ0v) is 9.82. The summed E-state index contributed by atoms with van der Waals surface area (Å²) >= 11 is 0. The van der Waals surface area contributed by atoms with Crippen LogP contribution < -0.4 is 5.32 Å². The van der Waals surface area contributed by atoms with Crippen LogP contribution in [-0.2, 0) is 11.3 Å². The van der Waals surface area contributed by atoms with Crippen molar-refractivity contribution in [2.45, 2.75) is 32.4 Å². The predicted molar refractivity (Wildman–Crippen MR) is 63.8 cm³/mol. The first-order chi connectivity index (χ1) is 7.53. The number of rotatable bonds is 4. The van der Waals surface area contributed by atoms with Gasteiger partial charge in [-0.15, -0.1) is 0 Å². The molecule has 16 heavy (non-hydrogen) atoms. The van der Waals surface area contributed by atoms with Gasteiger partial charge in [0.15, 0.2) is 0 Å². The van der Waals surface area contributed by atoms with Crippen LogP contribution >= 0.6 is 0 Å². The van der Waals surface area contributed by atoms with Crippen molar-refractivity contribution in [3.8, 4) is 0 Å². The van der Waals surface area contributed by atoms with E-state index in [1.165, 1.54) is 0 Å². The third-order valence-corrected chi connectivity index (χ3v) is 2.28. The maximum absolute atomic E-state index is 11.4. The molecule has 1 amide bonds. The molecule has 0 aliphatic carbocycles. The molecule has 3 heteroatoms. The minimum Gasteiger partial charge on any atom is -0.445 e. The minimum atomic E-state index is -0.405. The molecule has 1 N–H and O–H groups in total. The van der Waals surface area contributed by atoms with Crippen molar-refractivity contribution >= 4 is 6.09 Å². The van der Waals surface area contributed by atoms with Crippen LogP contribution in [0.15, 0.2) is 30.3 Å². The SMILES string of the molecule is [CH2]CC(C)(C)NC(=O)OCc1ccccc1. The fraction of sp³-hybridized carbons (Fsp3) is 0.385. The van der Waals surface area contributed by atoms with E-state index in [2.05, 4.69) is 12.2 Å². The van der Waals surface area contributed by atoms with Crippen LogP contribution in [0.5, 0.6) is 0 Å². The highest BCUT2D eigenvalue weighted by molar-refractivity contribution is 5.68. The number of benzene rings is 1. The van der Waals surface area contributed by atoms with Crippen LogP contribution in [0.2, 0.25) is 0 Å². The number of hydrogen-bond donors (Lipinski definition) is 1. The molecule has 0 aromatic heterocycles. The molecule has 3 nitrogen and oxygen atoms in total. The van der Waals surface area contributed by atoms with E-state index in [1.54, 1.807) is 0 Å². The third-order valence-electron chi connectivity index (χ3n) is 2.28. The van der Waals surface area contributed by atoms with Crippen molar-refractivity contribution in [1.82, 2.24) is 5.32 Å². The van der Waals surface area contributed by atoms with E-state index in [9.17, 15) is 4.79 Å². The van der Waals surface area contributed by atoms with Crippen LogP contribution in [-0.4, -0.2) is 11.6 Å². The molecule has 0 saturated heterocycles. The zero-order valence-electron chi connectivity index (χ0n) is 9.82. The van der Waals surface area contributed by atoms with Crippen LogP contribution in [0.3, 0.4) is 0 Å². The maximum Gasteiger partial charge on any atom is 0.407 e. The van der Waals surface area contributed by atoms with Gasteiger partial charge < -0.3 is 10.1 Å². The summed E-state index contributed by atoms with van der Waals surface area (Å²) in [6.07, 6.45) is 0.213. The van der Waals surface area contributed by atoms with E-state index < -0.39 is 6.09 Å². The Morgan fingerprint density at radius 3 is 2.56 bits per heavy atom. The summed E-state index contributed by atoms with van der Waals surface area (Å²) in [6.45, 7) is 7.86. The lowest BCUT2D eigenvalue weighted by atomic mass is 10.0. The molecule has 0 atom stereocenters. The third kappa shape index (κ3) is 4.34. The zero-order chi connectivity index (χ0) is 12.0. The monoisotopic (exact) mass is 220 g/mol. The summed E-state index contributed by atoms with van der Waals surface area (Å²) in [5.74, 6) is 0. The number of hydrogen-bond acceptors (Lipinski definition) is 2. The highest BCUT2D eigenvalue weighted by Crippen LogP contribution is 2.07. The Labute approximate surface area is 96.8 Å². The molecule has 1 aromatic carbocycles. The molecule has 0 bridgehead atoms. The first-order valence-electron chi connectivity index (χ1n) is 5.31. The fourth-order valence-corrected chi connectivity index (χ4v) is 1.10. The second-order valence-electron chi connectivity index (χ2n) is 4.32. The first kappa shape index (κ1) is 12.6. The van der Waals surface area contributed by atoms with Gasteiger partial charge in [-0.2, -0.15) is 0 Å². The highest BCUT2D eigenvalue weighted by atomic mass is 16.5. The van der Waals surface area contributed by atoms with Crippen molar-refractivity contribution in [3.05, 3.63) is 42.8 Å². The standard InChI is InChI=1S/C13H18NO2/c1-4-13(2,3)14-12(15)16-10-11-8-6-5-7-9-11/h5-9H,1,4,10H2,2-3H3,(H,14,15). The predicted octanol–water partition coefficient (Wildman–Crippen LogP) is 2.92. The molecule has 1 aromatic rings. The van der Waals surface area contributed by atoms with Crippen LogP contribution in [0.1, 0.15) is 25.8 Å². The van der Waals surface area contributed by atoms with Crippen molar-refractivity contribution < 1.29 is 9.53 Å². The lowest BCUT2D eigenvalue weighted by Gasteiger charge is -2.23. The molecule has 1 rings (SSSR count). The molecular weight excluding hydrogens is 202 g/mol. The molecule has 0 unspecified atom stereocenters. The Bertz CT molecular complexity index is 333. The van der Waals surface area contributed by atoms with Gasteiger partial charge in [0, 0.05) is 5.54 Å². The van der Waals surface area contributed by atoms with Gasteiger partial charge in [0.2, 0.25) is 0 Å². The van der Waals surface area contributed by atoms with Gasteiger partial charge in [-0.05, 0) is 25.8 Å². The molecule has 0 heterocycles. The number of nitrogens with one attached hydrogen (secondary N) is 1. The maximum atomic E-state index is 11.4. The Kier molecular flexibility index (Phi) is 4.35. The molecule has 0 aliphatic heterocycles. The Morgan fingerprint density at radius 2 is 2.00 bits per heavy atom. The lowest BCUT2D eigenvalue weighted by Crippen LogP contribution is -2.43. The summed E-state index contributed by atoms with van der Waals surface area (Å²) in [5, 5.41) is 2.75. The van der Waals surface area contributed by atoms with E-state index in [0.717, 1.165) is 5.56 Å². The average molecular weight is 220 g/mol. The van der Waals surface area contributed by atoms with Gasteiger partial charge in [-0.1, -0.05) is 37.3 Å². The van der Waals surface area contributed by atoms with E-state index in [0.29, 0.717) is 13.0 Å². The summed E-state index contributed by atoms with van der Waals surface area (Å²) in [7, 11) is 0. The second-order valence-corrected chi connectivity index (χ2v) is 4.32. The van der Waals surface area contributed by atoms with Crippen LogP contribution in [0.25, 0.3) is 0 Å². The number of carbonyl (C=O) groups excluding carboxylic acids is 1. The Morgan fingerprint density at radius 1 is 1.38 bits per heavy atom. The van der Waals surface area contributed by atoms with Gasteiger partial charge in [-0.25, -0.2) is 4.79 Å².